The Morgan fingerprint density at radius 2 is 2.00 bits per heavy atom. The summed E-state index contributed by atoms with van der Waals surface area (Å²) in [6, 6.07) is 0. The third-order valence-corrected chi connectivity index (χ3v) is 5.08. The molecular formula is C9H7ClN4OS3. The molecule has 2 aromatic rings. The molecule has 5 nitrogen and oxygen atoms in total. The molecule has 2 aromatic heterocycles. The predicted molar refractivity (Wildman–Crippen MR) is 73.0 cm³/mol. The molecule has 0 spiro atoms. The number of thioether (sulfide) groups is 1. The zero-order chi connectivity index (χ0) is 13.1. The molecule has 94 valence electrons. The molecule has 18 heavy (non-hydrogen) atoms. The van der Waals surface area contributed by atoms with Crippen LogP contribution in [-0.4, -0.2) is 32.7 Å². The van der Waals surface area contributed by atoms with Gasteiger partial charge in [-0.25, -0.2) is 9.97 Å². The molecule has 0 aliphatic heterocycles. The standard InChI is InChI=1S/C9H7ClN4OS3/c1-4-11-6(10)5(3-15)7(12-4)17-9-14-13-8(16-2)18-9/h3H,1-2H3. The highest BCUT2D eigenvalue weighted by Gasteiger charge is 2.14. The van der Waals surface area contributed by atoms with Crippen molar-refractivity contribution in [3.05, 3.63) is 16.5 Å². The lowest BCUT2D eigenvalue weighted by molar-refractivity contribution is 0.112. The quantitative estimate of drug-likeness (QED) is 0.487. The molecule has 0 amide bonds. The highest BCUT2D eigenvalue weighted by molar-refractivity contribution is 8.03. The topological polar surface area (TPSA) is 68.6 Å². The fraction of sp³-hybridized carbons (Fsp3) is 0.222. The lowest BCUT2D eigenvalue weighted by atomic mass is 10.4. The number of aryl methyl sites for hydroxylation is 1. The Kier molecular flexibility index (Phi) is 4.55. The van der Waals surface area contributed by atoms with E-state index in [0.29, 0.717) is 17.1 Å². The second-order valence-electron chi connectivity index (χ2n) is 3.04. The van der Waals surface area contributed by atoms with Crippen LogP contribution in [0, 0.1) is 6.92 Å². The maximum absolute atomic E-state index is 11.0. The van der Waals surface area contributed by atoms with E-state index in [2.05, 4.69) is 20.2 Å². The molecule has 2 heterocycles. The van der Waals surface area contributed by atoms with Crippen LogP contribution < -0.4 is 0 Å². The van der Waals surface area contributed by atoms with Crippen molar-refractivity contribution in [3.8, 4) is 0 Å². The lowest BCUT2D eigenvalue weighted by Gasteiger charge is -2.03. The highest BCUT2D eigenvalue weighted by Crippen LogP contribution is 2.34. The van der Waals surface area contributed by atoms with Gasteiger partial charge in [-0.2, -0.15) is 0 Å². The average molecular weight is 319 g/mol. The lowest BCUT2D eigenvalue weighted by Crippen LogP contribution is -1.98. The third kappa shape index (κ3) is 3.00. The summed E-state index contributed by atoms with van der Waals surface area (Å²) in [6.07, 6.45) is 2.58. The van der Waals surface area contributed by atoms with Gasteiger partial charge in [0.25, 0.3) is 0 Å². The minimum absolute atomic E-state index is 0.162. The number of nitrogens with zero attached hydrogens (tertiary/aromatic N) is 4. The number of aldehydes is 1. The summed E-state index contributed by atoms with van der Waals surface area (Å²) in [5.74, 6) is 0.516. The molecule has 0 saturated heterocycles. The zero-order valence-corrected chi connectivity index (χ0v) is 12.6. The molecule has 0 aliphatic carbocycles. The van der Waals surface area contributed by atoms with Crippen LogP contribution in [0.2, 0.25) is 5.15 Å². The van der Waals surface area contributed by atoms with Crippen LogP contribution in [0.15, 0.2) is 13.7 Å². The molecule has 0 unspecified atom stereocenters. The van der Waals surface area contributed by atoms with Crippen LogP contribution in [0.5, 0.6) is 0 Å². The molecule has 2 rings (SSSR count). The Morgan fingerprint density at radius 3 is 2.61 bits per heavy atom. The smallest absolute Gasteiger partial charge is 0.181 e. The fourth-order valence-corrected chi connectivity index (χ4v) is 3.90. The third-order valence-electron chi connectivity index (χ3n) is 1.84. The number of rotatable bonds is 4. The summed E-state index contributed by atoms with van der Waals surface area (Å²) in [6.45, 7) is 1.72. The molecule has 0 bridgehead atoms. The van der Waals surface area contributed by atoms with Crippen molar-refractivity contribution in [2.75, 3.05) is 6.26 Å². The summed E-state index contributed by atoms with van der Waals surface area (Å²) in [7, 11) is 0. The van der Waals surface area contributed by atoms with Gasteiger partial charge in [-0.1, -0.05) is 34.7 Å². The van der Waals surface area contributed by atoms with Gasteiger partial charge in [0, 0.05) is 0 Å². The van der Waals surface area contributed by atoms with Crippen molar-refractivity contribution in [2.45, 2.75) is 20.6 Å². The second kappa shape index (κ2) is 5.96. The summed E-state index contributed by atoms with van der Waals surface area (Å²) in [5, 5.41) is 8.65. The van der Waals surface area contributed by atoms with Crippen LogP contribution >= 0.6 is 46.5 Å². The van der Waals surface area contributed by atoms with Crippen LogP contribution in [0.4, 0.5) is 0 Å². The fourth-order valence-electron chi connectivity index (χ4n) is 1.10. The Bertz CT molecular complexity index is 589. The minimum Gasteiger partial charge on any atom is -0.298 e. The number of hydrogen-bond donors (Lipinski definition) is 0. The first kappa shape index (κ1) is 13.7. The SMILES string of the molecule is CSc1nnc(Sc2nc(C)nc(Cl)c2C=O)s1. The van der Waals surface area contributed by atoms with E-state index in [9.17, 15) is 4.79 Å². The maximum Gasteiger partial charge on any atom is 0.181 e. The van der Waals surface area contributed by atoms with E-state index in [4.69, 9.17) is 11.6 Å². The van der Waals surface area contributed by atoms with Gasteiger partial charge in [0.2, 0.25) is 0 Å². The van der Waals surface area contributed by atoms with Gasteiger partial charge in [0.1, 0.15) is 16.0 Å². The predicted octanol–water partition coefficient (Wildman–Crippen LogP) is 2.98. The number of carbonyl (C=O) groups excluding carboxylic acids is 1. The first-order chi connectivity index (χ1) is 8.63. The first-order valence-corrected chi connectivity index (χ1v) is 7.92. The van der Waals surface area contributed by atoms with Crippen molar-refractivity contribution in [1.82, 2.24) is 20.2 Å². The summed E-state index contributed by atoms with van der Waals surface area (Å²) in [5.41, 5.74) is 0.285. The van der Waals surface area contributed by atoms with Crippen LogP contribution in [0.25, 0.3) is 0 Å². The normalized spacial score (nSPS) is 10.6. The Balaban J connectivity index is 2.35. The Labute approximate surface area is 121 Å². The molecule has 0 saturated carbocycles. The van der Waals surface area contributed by atoms with Crippen molar-refractivity contribution >= 4 is 52.7 Å². The van der Waals surface area contributed by atoms with Gasteiger partial charge in [0.15, 0.2) is 15.0 Å². The largest absolute Gasteiger partial charge is 0.298 e. The minimum atomic E-state index is 0.162. The van der Waals surface area contributed by atoms with Crippen molar-refractivity contribution in [3.63, 3.8) is 0 Å². The molecule has 9 heteroatoms. The zero-order valence-electron chi connectivity index (χ0n) is 9.38. The van der Waals surface area contributed by atoms with Gasteiger partial charge >= 0.3 is 0 Å². The summed E-state index contributed by atoms with van der Waals surface area (Å²) in [4.78, 5) is 19.1. The average Bonchev–Trinajstić information content (AvgIpc) is 2.76. The number of hydrogen-bond acceptors (Lipinski definition) is 8. The van der Waals surface area contributed by atoms with E-state index in [1.165, 1.54) is 34.9 Å². The second-order valence-corrected chi connectivity index (χ2v) is 6.66. The molecule has 0 radical (unpaired) electrons. The highest BCUT2D eigenvalue weighted by atomic mass is 35.5. The van der Waals surface area contributed by atoms with Crippen LogP contribution in [0.3, 0.4) is 0 Å². The number of aromatic nitrogens is 4. The number of carbonyl (C=O) groups is 1. The van der Waals surface area contributed by atoms with Crippen LogP contribution in [-0.2, 0) is 0 Å². The van der Waals surface area contributed by atoms with Crippen LogP contribution in [0.1, 0.15) is 16.2 Å². The molecule has 0 N–H and O–H groups in total. The first-order valence-electron chi connectivity index (χ1n) is 4.68. The van der Waals surface area contributed by atoms with Gasteiger partial charge < -0.3 is 0 Å². The molecule has 0 atom stereocenters. The monoisotopic (exact) mass is 318 g/mol. The van der Waals surface area contributed by atoms with Gasteiger partial charge in [0.05, 0.1) is 5.56 Å². The molecule has 0 fully saturated rings. The molecule has 0 aliphatic rings. The van der Waals surface area contributed by atoms with Gasteiger partial charge in [-0.15, -0.1) is 10.2 Å². The van der Waals surface area contributed by atoms with Gasteiger partial charge in [-0.3, -0.25) is 4.79 Å². The summed E-state index contributed by atoms with van der Waals surface area (Å²) < 4.78 is 1.58. The van der Waals surface area contributed by atoms with Crippen molar-refractivity contribution in [2.24, 2.45) is 0 Å². The van der Waals surface area contributed by atoms with E-state index in [1.54, 1.807) is 6.92 Å². The van der Waals surface area contributed by atoms with Gasteiger partial charge in [-0.05, 0) is 24.9 Å². The van der Waals surface area contributed by atoms with E-state index >= 15 is 0 Å². The molecular weight excluding hydrogens is 312 g/mol. The van der Waals surface area contributed by atoms with Crippen molar-refractivity contribution in [1.29, 1.82) is 0 Å². The van der Waals surface area contributed by atoms with E-state index in [0.717, 1.165) is 8.68 Å². The molecule has 0 aromatic carbocycles. The van der Waals surface area contributed by atoms with Crippen molar-refractivity contribution < 1.29 is 4.79 Å². The Morgan fingerprint density at radius 1 is 1.28 bits per heavy atom. The summed E-state index contributed by atoms with van der Waals surface area (Å²) >= 11 is 10.1. The maximum atomic E-state index is 11.0. The van der Waals surface area contributed by atoms with E-state index in [-0.39, 0.29) is 10.7 Å². The Hall–Kier alpha value is -0.700. The van der Waals surface area contributed by atoms with E-state index in [1.807, 2.05) is 6.26 Å². The number of halogens is 1. The van der Waals surface area contributed by atoms with E-state index < -0.39 is 0 Å².